The molecule has 0 spiro atoms. The lowest BCUT2D eigenvalue weighted by Gasteiger charge is -2.26. The molecule has 132 valence electrons. The van der Waals surface area contributed by atoms with Gasteiger partial charge in [-0.2, -0.15) is 0 Å². The van der Waals surface area contributed by atoms with Crippen LogP contribution in [0.15, 0.2) is 18.2 Å². The van der Waals surface area contributed by atoms with E-state index in [4.69, 9.17) is 5.11 Å². The van der Waals surface area contributed by atoms with Crippen LogP contribution in [0, 0.1) is 5.41 Å². The van der Waals surface area contributed by atoms with E-state index < -0.39 is 0 Å². The van der Waals surface area contributed by atoms with E-state index in [2.05, 4.69) is 33.7 Å². The van der Waals surface area contributed by atoms with Gasteiger partial charge in [0.1, 0.15) is 0 Å². The van der Waals surface area contributed by atoms with E-state index in [1.54, 1.807) is 0 Å². The number of anilines is 2. The molecular formula is C18H28N4O2. The van der Waals surface area contributed by atoms with Crippen LogP contribution in [0.3, 0.4) is 0 Å². The molecule has 0 radical (unpaired) electrons. The summed E-state index contributed by atoms with van der Waals surface area (Å²) in [5.41, 5.74) is 3.05. The molecule has 2 atom stereocenters. The van der Waals surface area contributed by atoms with Gasteiger partial charge in [0.2, 0.25) is 5.91 Å². The van der Waals surface area contributed by atoms with Crippen molar-refractivity contribution in [2.45, 2.75) is 32.5 Å². The highest BCUT2D eigenvalue weighted by atomic mass is 16.3. The van der Waals surface area contributed by atoms with Crippen molar-refractivity contribution in [1.82, 2.24) is 10.2 Å². The Bertz CT molecular complexity index is 631. The zero-order valence-electron chi connectivity index (χ0n) is 15.0. The molecule has 2 aliphatic heterocycles. The first kappa shape index (κ1) is 17.0. The van der Waals surface area contributed by atoms with Crippen molar-refractivity contribution in [3.63, 3.8) is 0 Å². The van der Waals surface area contributed by atoms with E-state index in [9.17, 15) is 4.79 Å². The Balaban J connectivity index is 1.89. The summed E-state index contributed by atoms with van der Waals surface area (Å²) in [6.45, 7) is 5.80. The van der Waals surface area contributed by atoms with Gasteiger partial charge in [0.15, 0.2) is 6.29 Å². The summed E-state index contributed by atoms with van der Waals surface area (Å²) >= 11 is 0. The van der Waals surface area contributed by atoms with E-state index >= 15 is 0 Å². The molecule has 0 aliphatic carbocycles. The van der Waals surface area contributed by atoms with Crippen LogP contribution in [0.2, 0.25) is 0 Å². The van der Waals surface area contributed by atoms with E-state index in [0.29, 0.717) is 0 Å². The largest absolute Gasteiger partial charge is 0.396 e. The summed E-state index contributed by atoms with van der Waals surface area (Å²) in [6, 6.07) is 6.45. The monoisotopic (exact) mass is 332 g/mol. The minimum absolute atomic E-state index is 0.0303. The minimum Gasteiger partial charge on any atom is -0.396 e. The zero-order chi connectivity index (χ0) is 17.5. The quantitative estimate of drug-likeness (QED) is 0.760. The van der Waals surface area contributed by atoms with Gasteiger partial charge in [0.25, 0.3) is 0 Å². The Kier molecular flexibility index (Phi) is 4.44. The number of nitrogens with one attached hydrogen (secondary N) is 2. The molecule has 3 N–H and O–H groups in total. The fraction of sp³-hybridized carbons (Fsp3) is 0.611. The van der Waals surface area contributed by atoms with Gasteiger partial charge in [-0.3, -0.25) is 10.1 Å². The molecule has 0 aromatic heterocycles. The molecular weight excluding hydrogens is 304 g/mol. The molecule has 2 aliphatic rings. The summed E-state index contributed by atoms with van der Waals surface area (Å²) in [5.74, 6) is 0.403. The molecule has 2 unspecified atom stereocenters. The summed E-state index contributed by atoms with van der Waals surface area (Å²) in [7, 11) is 3.80. The summed E-state index contributed by atoms with van der Waals surface area (Å²) in [6.07, 6.45) is 0.762. The first-order valence-corrected chi connectivity index (χ1v) is 8.61. The average Bonchev–Trinajstić information content (AvgIpc) is 3.02. The molecule has 6 heteroatoms. The third-order valence-electron chi connectivity index (χ3n) is 5.39. The summed E-state index contributed by atoms with van der Waals surface area (Å²) in [4.78, 5) is 16.4. The number of nitrogens with zero attached hydrogens (tertiary/aromatic N) is 2. The van der Waals surface area contributed by atoms with E-state index in [-0.39, 0.29) is 30.1 Å². The highest BCUT2D eigenvalue weighted by molar-refractivity contribution is 5.86. The lowest BCUT2D eigenvalue weighted by atomic mass is 9.77. The Hall–Kier alpha value is -1.79. The fourth-order valence-electron chi connectivity index (χ4n) is 3.97. The third kappa shape index (κ3) is 2.63. The second kappa shape index (κ2) is 6.26. The van der Waals surface area contributed by atoms with Crippen molar-refractivity contribution in [2.75, 3.05) is 44.0 Å². The molecule has 1 saturated heterocycles. The number of carbonyl (C=O) groups excluding carboxylic acids is 1. The topological polar surface area (TPSA) is 67.8 Å². The normalized spacial score (nSPS) is 25.1. The number of hydrogen-bond donors (Lipinski definition) is 3. The van der Waals surface area contributed by atoms with Gasteiger partial charge in [-0.05, 0) is 31.2 Å². The van der Waals surface area contributed by atoms with Crippen LogP contribution in [0.1, 0.15) is 31.7 Å². The molecule has 2 heterocycles. The van der Waals surface area contributed by atoms with E-state index in [0.717, 1.165) is 30.9 Å². The maximum atomic E-state index is 12.4. The smallest absolute Gasteiger partial charge is 0.228 e. The van der Waals surface area contributed by atoms with Crippen LogP contribution in [-0.2, 0) is 4.79 Å². The Morgan fingerprint density at radius 3 is 2.75 bits per heavy atom. The van der Waals surface area contributed by atoms with Crippen LogP contribution >= 0.6 is 0 Å². The minimum atomic E-state index is -0.374. The summed E-state index contributed by atoms with van der Waals surface area (Å²) < 4.78 is 0. The lowest BCUT2D eigenvalue weighted by molar-refractivity contribution is -0.133. The maximum absolute atomic E-state index is 12.4. The van der Waals surface area contributed by atoms with E-state index in [1.807, 2.05) is 32.8 Å². The fourth-order valence-corrected chi connectivity index (χ4v) is 3.97. The maximum Gasteiger partial charge on any atom is 0.228 e. The van der Waals surface area contributed by atoms with Gasteiger partial charge in [0.05, 0.1) is 16.8 Å². The van der Waals surface area contributed by atoms with E-state index in [1.165, 1.54) is 5.56 Å². The first-order chi connectivity index (χ1) is 11.4. The molecule has 0 saturated carbocycles. The lowest BCUT2D eigenvalue weighted by Crippen LogP contribution is -2.46. The van der Waals surface area contributed by atoms with Gasteiger partial charge < -0.3 is 20.2 Å². The first-order valence-electron chi connectivity index (χ1n) is 8.61. The standard InChI is InChI=1S/C18H28N4O2/c1-18(2)13(11-21(4)16(18)24)12-6-7-15-14(10-12)20-17(19-3)22(15)8-5-9-23/h6-7,10,13,17,19-20,23H,5,8-9,11H2,1-4H3. The van der Waals surface area contributed by atoms with Gasteiger partial charge in [-0.25, -0.2) is 0 Å². The highest BCUT2D eigenvalue weighted by Crippen LogP contribution is 2.45. The number of carbonyl (C=O) groups is 1. The van der Waals surface area contributed by atoms with Crippen molar-refractivity contribution < 1.29 is 9.90 Å². The van der Waals surface area contributed by atoms with Crippen LogP contribution in [0.5, 0.6) is 0 Å². The van der Waals surface area contributed by atoms with Crippen LogP contribution in [-0.4, -0.2) is 56.0 Å². The number of fused-ring (bicyclic) bond motifs is 1. The van der Waals surface area contributed by atoms with Gasteiger partial charge in [0, 0.05) is 32.7 Å². The predicted octanol–water partition coefficient (Wildman–Crippen LogP) is 1.39. The Morgan fingerprint density at radius 2 is 2.17 bits per heavy atom. The number of likely N-dealkylation sites (tertiary alicyclic amines) is 1. The Labute approximate surface area is 143 Å². The van der Waals surface area contributed by atoms with Crippen molar-refractivity contribution in [3.8, 4) is 0 Å². The zero-order valence-corrected chi connectivity index (χ0v) is 15.0. The molecule has 3 rings (SSSR count). The van der Waals surface area contributed by atoms with Gasteiger partial charge >= 0.3 is 0 Å². The number of benzene rings is 1. The second-order valence-electron chi connectivity index (χ2n) is 7.34. The molecule has 0 bridgehead atoms. The van der Waals surface area contributed by atoms with Crippen molar-refractivity contribution in [2.24, 2.45) is 5.41 Å². The number of rotatable bonds is 5. The number of aliphatic hydroxyl groups is 1. The SMILES string of the molecule is CNC1Nc2cc(C3CN(C)C(=O)C3(C)C)ccc2N1CCCO. The van der Waals surface area contributed by atoms with Gasteiger partial charge in [-0.15, -0.1) is 0 Å². The average molecular weight is 332 g/mol. The molecule has 24 heavy (non-hydrogen) atoms. The van der Waals surface area contributed by atoms with Crippen LogP contribution in [0.25, 0.3) is 0 Å². The predicted molar refractivity (Wildman–Crippen MR) is 96.1 cm³/mol. The molecule has 1 amide bonds. The van der Waals surface area contributed by atoms with Crippen molar-refractivity contribution in [3.05, 3.63) is 23.8 Å². The summed E-state index contributed by atoms with van der Waals surface area (Å²) in [5, 5.41) is 15.9. The molecule has 6 nitrogen and oxygen atoms in total. The van der Waals surface area contributed by atoms with Crippen LogP contribution < -0.4 is 15.5 Å². The molecule has 1 aromatic rings. The number of amides is 1. The van der Waals surface area contributed by atoms with Crippen LogP contribution in [0.4, 0.5) is 11.4 Å². The van der Waals surface area contributed by atoms with Crippen molar-refractivity contribution >= 4 is 17.3 Å². The number of aliphatic hydroxyl groups excluding tert-OH is 1. The third-order valence-corrected chi connectivity index (χ3v) is 5.39. The molecule has 1 aromatic carbocycles. The highest BCUT2D eigenvalue weighted by Gasteiger charge is 2.46. The number of likely N-dealkylation sites (N-methyl/N-ethyl adjacent to an activating group) is 1. The van der Waals surface area contributed by atoms with Crippen molar-refractivity contribution in [1.29, 1.82) is 0 Å². The second-order valence-corrected chi connectivity index (χ2v) is 7.34. The van der Waals surface area contributed by atoms with Gasteiger partial charge in [-0.1, -0.05) is 19.9 Å². The Morgan fingerprint density at radius 1 is 1.42 bits per heavy atom. The number of hydrogen-bond acceptors (Lipinski definition) is 5. The molecule has 1 fully saturated rings.